The summed E-state index contributed by atoms with van der Waals surface area (Å²) in [5.74, 6) is -4.24. The monoisotopic (exact) mass is 523 g/mol. The van der Waals surface area contributed by atoms with E-state index in [9.17, 15) is 29.1 Å². The Hall–Kier alpha value is -3.92. The molecule has 15 nitrogen and oxygen atoms in total. The number of carboxylic acids is 1. The number of primary amides is 1. The van der Waals surface area contributed by atoms with Gasteiger partial charge in [0.15, 0.2) is 0 Å². The number of rotatable bonds is 15. The minimum absolute atomic E-state index is 0.00558. The van der Waals surface area contributed by atoms with Crippen LogP contribution < -0.4 is 27.4 Å². The van der Waals surface area contributed by atoms with Crippen LogP contribution >= 0.6 is 12.6 Å². The van der Waals surface area contributed by atoms with Crippen LogP contribution in [0.15, 0.2) is 25.0 Å². The van der Waals surface area contributed by atoms with Crippen LogP contribution in [0.5, 0.6) is 0 Å². The van der Waals surface area contributed by atoms with Gasteiger partial charge < -0.3 is 42.5 Å². The summed E-state index contributed by atoms with van der Waals surface area (Å²) in [7, 11) is 0. The highest BCUT2D eigenvalue weighted by Crippen LogP contribution is 2.05. The summed E-state index contributed by atoms with van der Waals surface area (Å²) in [5.41, 5.74) is 11.8. The lowest BCUT2D eigenvalue weighted by Crippen LogP contribution is -2.58. The highest BCUT2D eigenvalue weighted by molar-refractivity contribution is 7.80. The van der Waals surface area contributed by atoms with Crippen molar-refractivity contribution in [1.82, 2.24) is 35.9 Å². The van der Waals surface area contributed by atoms with Gasteiger partial charge in [0, 0.05) is 48.8 Å². The number of aromatic amines is 2. The van der Waals surface area contributed by atoms with Crippen LogP contribution in [0, 0.1) is 0 Å². The van der Waals surface area contributed by atoms with Crippen molar-refractivity contribution < 1.29 is 29.1 Å². The Balaban J connectivity index is 2.22. The molecule has 2 heterocycles. The molecule has 4 unspecified atom stereocenters. The van der Waals surface area contributed by atoms with E-state index in [0.29, 0.717) is 11.4 Å². The molecular weight excluding hydrogens is 494 g/mol. The zero-order chi connectivity index (χ0) is 26.7. The largest absolute Gasteiger partial charge is 0.480 e. The van der Waals surface area contributed by atoms with E-state index in [0.717, 1.165) is 0 Å². The summed E-state index contributed by atoms with van der Waals surface area (Å²) >= 11 is 3.99. The first-order valence-electron chi connectivity index (χ1n) is 10.8. The molecule has 0 radical (unpaired) electrons. The average molecular weight is 524 g/mol. The molecule has 0 saturated heterocycles. The number of imidazole rings is 2. The van der Waals surface area contributed by atoms with Gasteiger partial charge in [0.05, 0.1) is 18.7 Å². The van der Waals surface area contributed by atoms with Crippen molar-refractivity contribution in [1.29, 1.82) is 0 Å². The Kier molecular flexibility index (Phi) is 10.9. The normalized spacial score (nSPS) is 14.2. The fourth-order valence-electron chi connectivity index (χ4n) is 3.10. The maximum Gasteiger partial charge on any atom is 0.326 e. The first-order valence-corrected chi connectivity index (χ1v) is 11.5. The molecule has 0 bridgehead atoms. The van der Waals surface area contributed by atoms with Crippen molar-refractivity contribution in [2.24, 2.45) is 11.5 Å². The lowest BCUT2D eigenvalue weighted by Gasteiger charge is -2.24. The van der Waals surface area contributed by atoms with Crippen LogP contribution in [0.1, 0.15) is 24.2 Å². The topological polar surface area (TPSA) is 251 Å². The van der Waals surface area contributed by atoms with E-state index in [1.54, 1.807) is 0 Å². The third kappa shape index (κ3) is 9.03. The Labute approximate surface area is 211 Å². The number of thiol groups is 1. The van der Waals surface area contributed by atoms with Gasteiger partial charge in [0.2, 0.25) is 23.6 Å². The number of carbonyl (C=O) groups is 5. The van der Waals surface area contributed by atoms with Crippen LogP contribution in [0.4, 0.5) is 0 Å². The van der Waals surface area contributed by atoms with Gasteiger partial charge in [-0.3, -0.25) is 19.2 Å². The molecule has 16 heteroatoms. The number of carboxylic acid groups (broad SMARTS) is 1. The predicted molar refractivity (Wildman–Crippen MR) is 128 cm³/mol. The first kappa shape index (κ1) is 28.3. The summed E-state index contributed by atoms with van der Waals surface area (Å²) in [5, 5.41) is 16.8. The fraction of sp³-hybridized carbons (Fsp3) is 0.450. The zero-order valence-corrected chi connectivity index (χ0v) is 20.0. The van der Waals surface area contributed by atoms with Gasteiger partial charge in [-0.25, -0.2) is 14.8 Å². The molecular formula is C20H29N9O6S. The summed E-state index contributed by atoms with van der Waals surface area (Å²) in [6.45, 7) is 0. The number of hydrogen-bond acceptors (Lipinski definition) is 9. The minimum atomic E-state index is -1.42. The number of carbonyl (C=O) groups excluding carboxylic acids is 4. The molecule has 0 saturated carbocycles. The molecule has 196 valence electrons. The van der Waals surface area contributed by atoms with Crippen LogP contribution in [-0.2, 0) is 36.8 Å². The lowest BCUT2D eigenvalue weighted by atomic mass is 10.1. The van der Waals surface area contributed by atoms with E-state index in [4.69, 9.17) is 11.5 Å². The molecule has 0 fully saturated rings. The number of nitrogens with two attached hydrogens (primary N) is 2. The number of nitrogens with zero attached hydrogens (tertiary/aromatic N) is 2. The molecule has 0 aliphatic heterocycles. The Morgan fingerprint density at radius 2 is 1.36 bits per heavy atom. The molecule has 0 aliphatic rings. The van der Waals surface area contributed by atoms with Gasteiger partial charge in [-0.2, -0.15) is 12.6 Å². The van der Waals surface area contributed by atoms with E-state index >= 15 is 0 Å². The molecule has 0 spiro atoms. The van der Waals surface area contributed by atoms with Gasteiger partial charge in [-0.05, 0) is 6.42 Å². The van der Waals surface area contributed by atoms with E-state index in [-0.39, 0.29) is 31.4 Å². The Bertz CT molecular complexity index is 1030. The third-order valence-corrected chi connectivity index (χ3v) is 5.44. The fourth-order valence-corrected chi connectivity index (χ4v) is 3.27. The van der Waals surface area contributed by atoms with Gasteiger partial charge in [-0.1, -0.05) is 0 Å². The molecule has 2 rings (SSSR count). The quantitative estimate of drug-likeness (QED) is 0.108. The highest BCUT2D eigenvalue weighted by atomic mass is 32.1. The Morgan fingerprint density at radius 3 is 1.75 bits per heavy atom. The summed E-state index contributed by atoms with van der Waals surface area (Å²) in [6, 6.07) is -4.80. The van der Waals surface area contributed by atoms with E-state index in [2.05, 4.69) is 48.5 Å². The van der Waals surface area contributed by atoms with E-state index in [1.807, 2.05) is 0 Å². The number of hydrogen-bond donors (Lipinski definition) is 9. The summed E-state index contributed by atoms with van der Waals surface area (Å²) in [4.78, 5) is 74.6. The second-order valence-corrected chi connectivity index (χ2v) is 8.24. The van der Waals surface area contributed by atoms with Crippen molar-refractivity contribution >= 4 is 42.2 Å². The van der Waals surface area contributed by atoms with E-state index in [1.165, 1.54) is 25.0 Å². The Morgan fingerprint density at radius 1 is 0.889 bits per heavy atom. The molecule has 4 atom stereocenters. The summed E-state index contributed by atoms with van der Waals surface area (Å²) in [6.07, 6.45) is 5.11. The number of nitrogens with one attached hydrogen (secondary N) is 5. The minimum Gasteiger partial charge on any atom is -0.480 e. The molecule has 0 aliphatic carbocycles. The van der Waals surface area contributed by atoms with Crippen molar-refractivity contribution in [2.45, 2.75) is 49.9 Å². The van der Waals surface area contributed by atoms with Crippen molar-refractivity contribution in [2.75, 3.05) is 5.75 Å². The second-order valence-electron chi connectivity index (χ2n) is 7.88. The smallest absolute Gasteiger partial charge is 0.326 e. The highest BCUT2D eigenvalue weighted by Gasteiger charge is 2.31. The van der Waals surface area contributed by atoms with Crippen molar-refractivity contribution in [3.63, 3.8) is 0 Å². The van der Waals surface area contributed by atoms with Crippen LogP contribution in [-0.4, -0.2) is 84.6 Å². The maximum absolute atomic E-state index is 13.2. The van der Waals surface area contributed by atoms with Gasteiger partial charge in [0.25, 0.3) is 0 Å². The van der Waals surface area contributed by atoms with Crippen LogP contribution in [0.3, 0.4) is 0 Å². The number of H-pyrrole nitrogens is 2. The SMILES string of the molecule is NC(=O)CCC(NC(=O)C(Cc1cnc[nH]1)NC(=O)C(Cc1cnc[nH]1)NC(=O)C(N)CS)C(=O)O. The maximum atomic E-state index is 13.2. The van der Waals surface area contributed by atoms with Crippen molar-refractivity contribution in [3.05, 3.63) is 36.4 Å². The average Bonchev–Trinajstić information content (AvgIpc) is 3.54. The lowest BCUT2D eigenvalue weighted by molar-refractivity contribution is -0.142. The first-order chi connectivity index (χ1) is 17.1. The van der Waals surface area contributed by atoms with E-state index < -0.39 is 53.8 Å². The summed E-state index contributed by atoms with van der Waals surface area (Å²) < 4.78 is 0. The van der Waals surface area contributed by atoms with Crippen molar-refractivity contribution in [3.8, 4) is 0 Å². The van der Waals surface area contributed by atoms with Gasteiger partial charge in [-0.15, -0.1) is 0 Å². The van der Waals surface area contributed by atoms with Crippen LogP contribution in [0.25, 0.3) is 0 Å². The second kappa shape index (κ2) is 13.8. The third-order valence-electron chi connectivity index (χ3n) is 5.05. The molecule has 4 amide bonds. The molecule has 36 heavy (non-hydrogen) atoms. The molecule has 2 aromatic heterocycles. The number of aromatic nitrogens is 4. The van der Waals surface area contributed by atoms with Crippen LogP contribution in [0.2, 0.25) is 0 Å². The number of amides is 4. The standard InChI is InChI=1S/C20H29N9O6S/c21-12(7-36)17(31)28-14(3-10-5-23-8-25-10)19(33)29-15(4-11-6-24-9-26-11)18(32)27-13(20(34)35)1-2-16(22)30/h5-6,8-9,12-15,36H,1-4,7,21H2,(H2,22,30)(H,23,25)(H,24,26)(H,27,32)(H,28,31)(H,29,33)(H,34,35). The zero-order valence-electron chi connectivity index (χ0n) is 19.1. The van der Waals surface area contributed by atoms with Gasteiger partial charge >= 0.3 is 5.97 Å². The molecule has 2 aromatic rings. The predicted octanol–water partition coefficient (Wildman–Crippen LogP) is -3.02. The molecule has 10 N–H and O–H groups in total. The molecule has 0 aromatic carbocycles. The number of aliphatic carboxylic acids is 1. The van der Waals surface area contributed by atoms with Gasteiger partial charge in [0.1, 0.15) is 18.1 Å².